The molecule has 0 aliphatic carbocycles. The minimum atomic E-state index is -3.79. The molecule has 0 heterocycles. The van der Waals surface area contributed by atoms with Gasteiger partial charge in [-0.25, -0.2) is 0 Å². The van der Waals surface area contributed by atoms with Crippen molar-refractivity contribution >= 4 is 15.2 Å². The summed E-state index contributed by atoms with van der Waals surface area (Å²) in [5.41, 5.74) is 0.485. The highest BCUT2D eigenvalue weighted by Crippen LogP contribution is 2.81. The van der Waals surface area contributed by atoms with Crippen molar-refractivity contribution in [3.63, 3.8) is 0 Å². The van der Waals surface area contributed by atoms with Crippen LogP contribution >= 0.6 is 15.2 Å². The molecule has 0 spiro atoms. The van der Waals surface area contributed by atoms with Gasteiger partial charge in [-0.15, -0.1) is 0 Å². The molecule has 6 nitrogen and oxygen atoms in total. The molecule has 20 heavy (non-hydrogen) atoms. The third-order valence-corrected chi connectivity index (χ3v) is 9.39. The fraction of sp³-hybridized carbons (Fsp3) is 0.500. The second kappa shape index (κ2) is 6.52. The molecule has 0 unspecified atom stereocenters. The molecule has 1 rings (SSSR count). The first-order chi connectivity index (χ1) is 9.35. The lowest BCUT2D eigenvalue weighted by molar-refractivity contribution is 0.228. The van der Waals surface area contributed by atoms with Gasteiger partial charge in [0, 0.05) is 28.4 Å². The normalized spacial score (nSPS) is 13.4. The lowest BCUT2D eigenvalue weighted by Gasteiger charge is -2.38. The SMILES string of the molecule is COP(=O)(OC)C(C)(c1ccccc1)P(=O)(OC)OC. The van der Waals surface area contributed by atoms with Crippen LogP contribution < -0.4 is 0 Å². The van der Waals surface area contributed by atoms with E-state index in [0.717, 1.165) is 0 Å². The number of rotatable bonds is 7. The largest absolute Gasteiger partial charge is 0.352 e. The van der Waals surface area contributed by atoms with Crippen LogP contribution in [0.25, 0.3) is 0 Å². The Morgan fingerprint density at radius 2 is 1.15 bits per heavy atom. The molecule has 0 saturated carbocycles. The molecule has 0 atom stereocenters. The molecule has 0 aromatic heterocycles. The maximum Gasteiger partial charge on any atom is 0.352 e. The Hall–Kier alpha value is -0.480. The van der Waals surface area contributed by atoms with Crippen LogP contribution in [0.2, 0.25) is 0 Å². The van der Waals surface area contributed by atoms with Gasteiger partial charge < -0.3 is 18.1 Å². The zero-order valence-electron chi connectivity index (χ0n) is 12.2. The number of benzene rings is 1. The molecule has 8 heteroatoms. The van der Waals surface area contributed by atoms with E-state index in [1.54, 1.807) is 30.3 Å². The average molecular weight is 322 g/mol. The highest BCUT2D eigenvalue weighted by molar-refractivity contribution is 7.73. The Morgan fingerprint density at radius 3 is 1.45 bits per heavy atom. The fourth-order valence-electron chi connectivity index (χ4n) is 2.08. The Bertz CT molecular complexity index is 488. The first-order valence-corrected chi connectivity index (χ1v) is 8.92. The van der Waals surface area contributed by atoms with E-state index in [1.165, 1.54) is 35.4 Å². The van der Waals surface area contributed by atoms with Crippen LogP contribution in [0.5, 0.6) is 0 Å². The van der Waals surface area contributed by atoms with E-state index < -0.39 is 20.1 Å². The summed E-state index contributed by atoms with van der Waals surface area (Å²) in [7, 11) is -2.64. The quantitative estimate of drug-likeness (QED) is 0.711. The summed E-state index contributed by atoms with van der Waals surface area (Å²) in [4.78, 5) is -1.58. The van der Waals surface area contributed by atoms with E-state index in [-0.39, 0.29) is 0 Å². The second-order valence-corrected chi connectivity index (χ2v) is 9.70. The number of hydrogen-bond donors (Lipinski definition) is 0. The minimum absolute atomic E-state index is 0.485. The first kappa shape index (κ1) is 17.6. The first-order valence-electron chi connectivity index (χ1n) is 5.84. The van der Waals surface area contributed by atoms with Crippen LogP contribution in [0, 0.1) is 0 Å². The Kier molecular flexibility index (Phi) is 5.73. The van der Waals surface area contributed by atoms with Gasteiger partial charge in [0.15, 0.2) is 4.90 Å². The Morgan fingerprint density at radius 1 is 0.800 bits per heavy atom. The molecule has 0 radical (unpaired) electrons. The van der Waals surface area contributed by atoms with Crippen molar-refractivity contribution in [3.05, 3.63) is 35.9 Å². The zero-order valence-corrected chi connectivity index (χ0v) is 14.0. The highest BCUT2D eigenvalue weighted by Gasteiger charge is 2.62. The molecular formula is C12H20O6P2. The van der Waals surface area contributed by atoms with Crippen LogP contribution in [-0.4, -0.2) is 28.4 Å². The summed E-state index contributed by atoms with van der Waals surface area (Å²) >= 11 is 0. The second-order valence-electron chi connectivity index (χ2n) is 4.11. The van der Waals surface area contributed by atoms with Gasteiger partial charge in [0.1, 0.15) is 0 Å². The lowest BCUT2D eigenvalue weighted by atomic mass is 10.2. The fourth-order valence-corrected chi connectivity index (χ4v) is 6.91. The lowest BCUT2D eigenvalue weighted by Crippen LogP contribution is -2.26. The van der Waals surface area contributed by atoms with Gasteiger partial charge in [-0.1, -0.05) is 30.3 Å². The van der Waals surface area contributed by atoms with Gasteiger partial charge in [0.25, 0.3) is 0 Å². The van der Waals surface area contributed by atoms with Crippen molar-refractivity contribution < 1.29 is 27.2 Å². The Labute approximate surface area is 119 Å². The highest BCUT2D eigenvalue weighted by atomic mass is 31.2. The monoisotopic (exact) mass is 322 g/mol. The molecule has 1 aromatic carbocycles. The van der Waals surface area contributed by atoms with Gasteiger partial charge in [-0.3, -0.25) is 9.13 Å². The molecule has 0 bridgehead atoms. The maximum atomic E-state index is 13.0. The van der Waals surface area contributed by atoms with Crippen LogP contribution in [0.4, 0.5) is 0 Å². The summed E-state index contributed by atoms with van der Waals surface area (Å²) in [6.45, 7) is 1.49. The maximum absolute atomic E-state index is 13.0. The van der Waals surface area contributed by atoms with Crippen LogP contribution in [-0.2, 0) is 32.1 Å². The van der Waals surface area contributed by atoms with Gasteiger partial charge in [-0.05, 0) is 12.5 Å². The van der Waals surface area contributed by atoms with Crippen molar-refractivity contribution in [2.24, 2.45) is 0 Å². The molecule has 0 saturated heterocycles. The molecule has 0 fully saturated rings. The Balaban J connectivity index is 3.67. The van der Waals surface area contributed by atoms with E-state index in [1.807, 2.05) is 0 Å². The molecule has 114 valence electrons. The molecule has 0 N–H and O–H groups in total. The summed E-state index contributed by atoms with van der Waals surface area (Å²) in [6, 6.07) is 8.61. The van der Waals surface area contributed by atoms with Gasteiger partial charge in [0.05, 0.1) is 0 Å². The topological polar surface area (TPSA) is 71.1 Å². The van der Waals surface area contributed by atoms with Crippen molar-refractivity contribution in [1.82, 2.24) is 0 Å². The van der Waals surface area contributed by atoms with Crippen molar-refractivity contribution in [2.75, 3.05) is 28.4 Å². The predicted molar refractivity (Wildman–Crippen MR) is 77.0 cm³/mol. The summed E-state index contributed by atoms with van der Waals surface area (Å²) in [5, 5.41) is 0. The van der Waals surface area contributed by atoms with Gasteiger partial charge in [-0.2, -0.15) is 0 Å². The van der Waals surface area contributed by atoms with E-state index in [4.69, 9.17) is 18.1 Å². The van der Waals surface area contributed by atoms with Gasteiger partial charge in [0.2, 0.25) is 0 Å². The molecule has 0 aliphatic heterocycles. The van der Waals surface area contributed by atoms with Crippen molar-refractivity contribution in [3.8, 4) is 0 Å². The zero-order chi connectivity index (χ0) is 15.4. The smallest absolute Gasteiger partial charge is 0.311 e. The van der Waals surface area contributed by atoms with Crippen LogP contribution in [0.3, 0.4) is 0 Å². The molecular weight excluding hydrogens is 302 g/mol. The predicted octanol–water partition coefficient (Wildman–Crippen LogP) is 3.83. The third kappa shape index (κ3) is 2.52. The van der Waals surface area contributed by atoms with Crippen LogP contribution in [0.1, 0.15) is 12.5 Å². The van der Waals surface area contributed by atoms with E-state index in [0.29, 0.717) is 5.56 Å². The average Bonchev–Trinajstić information content (AvgIpc) is 2.53. The standard InChI is InChI=1S/C12H20O6P2/c1-12(19(13,15-2)16-3,20(14,17-4)18-5)11-9-7-6-8-10-11/h6-10H,1-5H3. The molecule has 0 aliphatic rings. The summed E-state index contributed by atoms with van der Waals surface area (Å²) in [5.74, 6) is 0. The summed E-state index contributed by atoms with van der Waals surface area (Å²) < 4.78 is 46.2. The van der Waals surface area contributed by atoms with Crippen LogP contribution in [0.15, 0.2) is 30.3 Å². The summed E-state index contributed by atoms with van der Waals surface area (Å²) in [6.07, 6.45) is 0. The molecule has 0 amide bonds. The van der Waals surface area contributed by atoms with E-state index >= 15 is 0 Å². The number of hydrogen-bond acceptors (Lipinski definition) is 6. The third-order valence-electron chi connectivity index (χ3n) is 3.35. The van der Waals surface area contributed by atoms with Gasteiger partial charge >= 0.3 is 15.2 Å². The van der Waals surface area contributed by atoms with Crippen molar-refractivity contribution in [1.29, 1.82) is 0 Å². The van der Waals surface area contributed by atoms with E-state index in [2.05, 4.69) is 0 Å². The minimum Gasteiger partial charge on any atom is -0.311 e. The van der Waals surface area contributed by atoms with Crippen molar-refractivity contribution in [2.45, 2.75) is 11.8 Å². The van der Waals surface area contributed by atoms with E-state index in [9.17, 15) is 9.13 Å². The molecule has 1 aromatic rings.